The van der Waals surface area contributed by atoms with Crippen LogP contribution in [0, 0.1) is 0 Å². The van der Waals surface area contributed by atoms with Gasteiger partial charge < -0.3 is 5.11 Å². The third-order valence-electron chi connectivity index (χ3n) is 8.04. The highest BCUT2D eigenvalue weighted by atomic mass is 16.3. The van der Waals surface area contributed by atoms with Gasteiger partial charge in [0.05, 0.1) is 30.5 Å². The van der Waals surface area contributed by atoms with Gasteiger partial charge >= 0.3 is 22.8 Å². The molecule has 0 bridgehead atoms. The summed E-state index contributed by atoms with van der Waals surface area (Å²) in [6.07, 6.45) is 3.87. The molecule has 0 saturated carbocycles. The quantitative estimate of drug-likeness (QED) is 0.330. The molecule has 11 nitrogen and oxygen atoms in total. The summed E-state index contributed by atoms with van der Waals surface area (Å²) in [6.45, 7) is 3.78. The molecule has 4 heterocycles. The summed E-state index contributed by atoms with van der Waals surface area (Å²) in [5.41, 5.74) is 0.213. The van der Waals surface area contributed by atoms with Crippen LogP contribution in [0.4, 0.5) is 0 Å². The maximum absolute atomic E-state index is 14.0. The molecule has 42 heavy (non-hydrogen) atoms. The Morgan fingerprint density at radius 2 is 1.33 bits per heavy atom. The molecule has 2 aromatic heterocycles. The van der Waals surface area contributed by atoms with Crippen LogP contribution in [0.15, 0.2) is 122 Å². The van der Waals surface area contributed by atoms with Crippen molar-refractivity contribution in [1.29, 1.82) is 0 Å². The molecule has 5 aromatic rings. The average molecular weight is 563 g/mol. The molecular weight excluding hydrogens is 536 g/mol. The first-order valence-corrected chi connectivity index (χ1v) is 13.5. The van der Waals surface area contributed by atoms with E-state index in [1.54, 1.807) is 84.9 Å². The molecule has 0 saturated heterocycles. The van der Waals surface area contributed by atoms with Crippen LogP contribution < -0.4 is 22.8 Å². The zero-order chi connectivity index (χ0) is 29.1. The first kappa shape index (κ1) is 25.4. The summed E-state index contributed by atoms with van der Waals surface area (Å²) in [4.78, 5) is 55.3. The van der Waals surface area contributed by atoms with Gasteiger partial charge in [0, 0.05) is 5.56 Å². The van der Waals surface area contributed by atoms with Gasteiger partial charge in [0.25, 0.3) is 0 Å². The highest BCUT2D eigenvalue weighted by molar-refractivity contribution is 5.47. The van der Waals surface area contributed by atoms with Crippen molar-refractivity contribution >= 4 is 0 Å². The largest absolute Gasteiger partial charge is 0.507 e. The van der Waals surface area contributed by atoms with Crippen molar-refractivity contribution in [3.8, 4) is 17.1 Å². The monoisotopic (exact) mass is 562 g/mol. The molecule has 2 aliphatic rings. The number of aromatic nitrogens is 6. The van der Waals surface area contributed by atoms with Crippen LogP contribution >= 0.6 is 0 Å². The number of rotatable bonds is 5. The van der Waals surface area contributed by atoms with Gasteiger partial charge in [-0.1, -0.05) is 66.7 Å². The Kier molecular flexibility index (Phi) is 5.75. The second-order valence-electron chi connectivity index (χ2n) is 10.3. The lowest BCUT2D eigenvalue weighted by atomic mass is 9.88. The summed E-state index contributed by atoms with van der Waals surface area (Å²) in [5, 5.41) is 11.4. The zero-order valence-electron chi connectivity index (χ0n) is 22.4. The topological polar surface area (TPSA) is 118 Å². The molecule has 0 fully saturated rings. The van der Waals surface area contributed by atoms with Gasteiger partial charge in [0.15, 0.2) is 0 Å². The Bertz CT molecular complexity index is 2140. The van der Waals surface area contributed by atoms with Crippen LogP contribution in [-0.4, -0.2) is 33.0 Å². The standard InChI is InChI=1S/C31H26N6O5/c1-2-10-20-11-9-16-24(27(20)38)26-23-17-18-32-28(39)34(21-12-5-3-6-13-21)30(41)36(32)25(23)19-33-29(40)35(31(42)37(26)33)22-14-7-4-8-15-22/h2-9,11-17,25-26,38H,1,10,18-19H2. The van der Waals surface area contributed by atoms with Crippen molar-refractivity contribution in [3.05, 3.63) is 156 Å². The molecular formula is C31H26N6O5. The summed E-state index contributed by atoms with van der Waals surface area (Å²) in [7, 11) is 0. The van der Waals surface area contributed by atoms with Crippen molar-refractivity contribution in [2.45, 2.75) is 31.6 Å². The number of para-hydroxylation sites is 3. The fourth-order valence-corrected chi connectivity index (χ4v) is 6.18. The number of phenolic OH excluding ortho intramolecular Hbond substituents is 1. The lowest BCUT2D eigenvalue weighted by Crippen LogP contribution is -2.47. The average Bonchev–Trinajstić information content (AvgIpc) is 3.42. The van der Waals surface area contributed by atoms with Crippen molar-refractivity contribution < 1.29 is 5.11 Å². The molecule has 2 unspecified atom stereocenters. The highest BCUT2D eigenvalue weighted by Crippen LogP contribution is 2.42. The number of allylic oxidation sites excluding steroid dienone is 3. The number of hydrogen-bond donors (Lipinski definition) is 1. The molecule has 2 aliphatic heterocycles. The summed E-state index contributed by atoms with van der Waals surface area (Å²) in [5.74, 6) is -0.0283. The smallest absolute Gasteiger partial charge is 0.352 e. The molecule has 0 radical (unpaired) electrons. The molecule has 210 valence electrons. The van der Waals surface area contributed by atoms with Gasteiger partial charge in [0.2, 0.25) is 0 Å². The maximum Gasteiger partial charge on any atom is 0.352 e. The van der Waals surface area contributed by atoms with Gasteiger partial charge in [-0.3, -0.25) is 0 Å². The van der Waals surface area contributed by atoms with E-state index in [1.165, 1.54) is 18.7 Å². The number of aromatic hydroxyl groups is 1. The Morgan fingerprint density at radius 1 is 0.738 bits per heavy atom. The van der Waals surface area contributed by atoms with Gasteiger partial charge in [-0.05, 0) is 41.8 Å². The van der Waals surface area contributed by atoms with E-state index in [2.05, 4.69) is 6.58 Å². The second kappa shape index (κ2) is 9.51. The Morgan fingerprint density at radius 3 is 1.95 bits per heavy atom. The summed E-state index contributed by atoms with van der Waals surface area (Å²) >= 11 is 0. The molecule has 7 rings (SSSR count). The Hall–Kier alpha value is -5.58. The van der Waals surface area contributed by atoms with Crippen molar-refractivity contribution in [3.63, 3.8) is 0 Å². The zero-order valence-corrected chi connectivity index (χ0v) is 22.4. The third kappa shape index (κ3) is 3.53. The van der Waals surface area contributed by atoms with Gasteiger partial charge in [-0.25, -0.2) is 47.0 Å². The predicted octanol–water partition coefficient (Wildman–Crippen LogP) is 2.13. The number of hydrogen-bond acceptors (Lipinski definition) is 5. The Labute approximate surface area is 237 Å². The number of nitrogens with zero attached hydrogens (tertiary/aromatic N) is 6. The molecule has 0 amide bonds. The van der Waals surface area contributed by atoms with Crippen LogP contribution in [0.5, 0.6) is 5.75 Å². The SMILES string of the molecule is C=CCc1cccc(C2C3=CCn4c(=O)n(-c5ccccc5)c(=O)n4C3Cn3c(=O)n(-c4ccccc4)c(=O)n32)c1O. The van der Waals surface area contributed by atoms with Gasteiger partial charge in [-0.15, -0.1) is 6.58 Å². The predicted molar refractivity (Wildman–Crippen MR) is 156 cm³/mol. The summed E-state index contributed by atoms with van der Waals surface area (Å²) in [6, 6.07) is 20.8. The molecule has 0 aliphatic carbocycles. The lowest BCUT2D eigenvalue weighted by molar-refractivity contribution is 0.244. The molecule has 2 atom stereocenters. The van der Waals surface area contributed by atoms with E-state index in [1.807, 2.05) is 6.08 Å². The molecule has 1 N–H and O–H groups in total. The molecule has 3 aromatic carbocycles. The first-order chi connectivity index (χ1) is 20.4. The fraction of sp³-hybridized carbons (Fsp3) is 0.161. The molecule has 11 heteroatoms. The van der Waals surface area contributed by atoms with Crippen LogP contribution in [0.2, 0.25) is 0 Å². The van der Waals surface area contributed by atoms with E-state index in [0.717, 1.165) is 9.13 Å². The summed E-state index contributed by atoms with van der Waals surface area (Å²) < 4.78 is 7.55. The minimum Gasteiger partial charge on any atom is -0.507 e. The van der Waals surface area contributed by atoms with Crippen LogP contribution in [0.1, 0.15) is 23.2 Å². The van der Waals surface area contributed by atoms with E-state index in [-0.39, 0.29) is 18.8 Å². The minimum atomic E-state index is -0.922. The fourth-order valence-electron chi connectivity index (χ4n) is 6.18. The normalized spacial score (nSPS) is 17.2. The van der Waals surface area contributed by atoms with Crippen molar-refractivity contribution in [1.82, 2.24) is 27.9 Å². The number of fused-ring (bicyclic) bond motifs is 4. The van der Waals surface area contributed by atoms with Gasteiger partial charge in [0.1, 0.15) is 11.8 Å². The second-order valence-corrected chi connectivity index (χ2v) is 10.3. The molecule has 0 spiro atoms. The van der Waals surface area contributed by atoms with E-state index in [4.69, 9.17) is 0 Å². The van der Waals surface area contributed by atoms with Crippen LogP contribution in [0.25, 0.3) is 11.4 Å². The van der Waals surface area contributed by atoms with E-state index in [0.29, 0.717) is 34.5 Å². The van der Waals surface area contributed by atoms with Crippen molar-refractivity contribution in [2.24, 2.45) is 0 Å². The van der Waals surface area contributed by atoms with Gasteiger partial charge in [-0.2, -0.15) is 0 Å². The van der Waals surface area contributed by atoms with E-state index in [9.17, 15) is 24.3 Å². The highest BCUT2D eigenvalue weighted by Gasteiger charge is 2.42. The lowest BCUT2D eigenvalue weighted by Gasteiger charge is -2.38. The minimum absolute atomic E-state index is 0.0283. The van der Waals surface area contributed by atoms with E-state index >= 15 is 0 Å². The van der Waals surface area contributed by atoms with Crippen molar-refractivity contribution in [2.75, 3.05) is 0 Å². The Balaban J connectivity index is 1.51. The first-order valence-electron chi connectivity index (χ1n) is 13.5. The number of phenols is 1. The maximum atomic E-state index is 14.0. The van der Waals surface area contributed by atoms with Crippen LogP contribution in [0.3, 0.4) is 0 Å². The van der Waals surface area contributed by atoms with Crippen LogP contribution in [-0.2, 0) is 19.5 Å². The third-order valence-corrected chi connectivity index (χ3v) is 8.04. The van der Waals surface area contributed by atoms with E-state index < -0.39 is 34.8 Å². The number of benzene rings is 3.